The highest BCUT2D eigenvalue weighted by Crippen LogP contribution is 2.69. The molecule has 0 bridgehead atoms. The number of ketones is 1. The first-order valence-corrected chi connectivity index (χ1v) is 14.8. The van der Waals surface area contributed by atoms with E-state index in [-0.39, 0.29) is 53.9 Å². The molecule has 218 valence electrons. The van der Waals surface area contributed by atoms with E-state index in [1.54, 1.807) is 7.11 Å². The Morgan fingerprint density at radius 3 is 2.51 bits per heavy atom. The van der Waals surface area contributed by atoms with Gasteiger partial charge in [-0.3, -0.25) is 4.79 Å². The molecule has 2 heterocycles. The van der Waals surface area contributed by atoms with Crippen molar-refractivity contribution in [2.45, 2.75) is 115 Å². The highest BCUT2D eigenvalue weighted by atomic mass is 16.7. The predicted octanol–water partition coefficient (Wildman–Crippen LogP) is 2.29. The number of cyclic esters (lactones) is 1. The van der Waals surface area contributed by atoms with Crippen LogP contribution in [0.4, 0.5) is 0 Å². The molecule has 0 unspecified atom stereocenters. The molecule has 0 aromatic rings. The molecule has 6 rings (SSSR count). The van der Waals surface area contributed by atoms with Crippen LogP contribution in [0.15, 0.2) is 11.6 Å². The van der Waals surface area contributed by atoms with Crippen LogP contribution in [0, 0.1) is 34.5 Å². The summed E-state index contributed by atoms with van der Waals surface area (Å²) >= 11 is 0. The van der Waals surface area contributed by atoms with Crippen LogP contribution in [0.1, 0.15) is 72.1 Å². The molecule has 0 amide bonds. The SMILES string of the molecule is CO[C@H]1C[C@H](O[C@H]2CC[C@@]3(C)[C@H](CC[C@@H]4[C@@H]3C(=O)[C@H](O)[C@]3(C)[C@@H](C5=CC(=O)OC5)CC[C@]43O)C2)O[C@@H](C)[C@@H]1O. The van der Waals surface area contributed by atoms with Crippen LogP contribution in [0.3, 0.4) is 0 Å². The summed E-state index contributed by atoms with van der Waals surface area (Å²) in [5.41, 5.74) is -1.80. The number of ether oxygens (including phenoxy) is 4. The molecule has 0 spiro atoms. The monoisotopic (exact) mass is 548 g/mol. The van der Waals surface area contributed by atoms with Gasteiger partial charge in [0.25, 0.3) is 0 Å². The van der Waals surface area contributed by atoms with E-state index in [0.29, 0.717) is 19.3 Å². The number of Topliss-reactive ketones (excluding diaryl/α,β-unsaturated/α-hetero) is 1. The third-order valence-electron chi connectivity index (χ3n) is 12.1. The maximum Gasteiger partial charge on any atom is 0.331 e. The van der Waals surface area contributed by atoms with Gasteiger partial charge in [0.2, 0.25) is 0 Å². The smallest absolute Gasteiger partial charge is 0.331 e. The quantitative estimate of drug-likeness (QED) is 0.358. The van der Waals surface area contributed by atoms with Crippen molar-refractivity contribution in [1.82, 2.24) is 0 Å². The predicted molar refractivity (Wildman–Crippen MR) is 138 cm³/mol. The Kier molecular flexibility index (Phi) is 6.84. The van der Waals surface area contributed by atoms with Gasteiger partial charge >= 0.3 is 5.97 Å². The average Bonchev–Trinajstić information content (AvgIpc) is 3.45. The summed E-state index contributed by atoms with van der Waals surface area (Å²) in [7, 11) is 1.59. The van der Waals surface area contributed by atoms with Gasteiger partial charge in [0, 0.05) is 30.9 Å². The zero-order valence-electron chi connectivity index (χ0n) is 23.5. The number of hydrogen-bond acceptors (Lipinski definition) is 9. The third-order valence-corrected chi connectivity index (χ3v) is 12.1. The Morgan fingerprint density at radius 1 is 1.05 bits per heavy atom. The highest BCUT2D eigenvalue weighted by molar-refractivity contribution is 5.90. The summed E-state index contributed by atoms with van der Waals surface area (Å²) in [5, 5.41) is 34.3. The molecule has 4 saturated carbocycles. The van der Waals surface area contributed by atoms with E-state index in [1.165, 1.54) is 6.08 Å². The molecule has 4 aliphatic carbocycles. The fraction of sp³-hybridized carbons (Fsp3) is 0.867. The molecule has 5 fully saturated rings. The van der Waals surface area contributed by atoms with Crippen LogP contribution in [0.25, 0.3) is 0 Å². The van der Waals surface area contributed by atoms with Crippen molar-refractivity contribution in [2.24, 2.45) is 34.5 Å². The second kappa shape index (κ2) is 9.60. The highest BCUT2D eigenvalue weighted by Gasteiger charge is 2.73. The molecule has 13 atom stereocenters. The molecule has 0 aromatic carbocycles. The van der Waals surface area contributed by atoms with Gasteiger partial charge in [0.15, 0.2) is 12.1 Å². The van der Waals surface area contributed by atoms with E-state index >= 15 is 0 Å². The summed E-state index contributed by atoms with van der Waals surface area (Å²) in [6.45, 7) is 6.02. The minimum atomic E-state index is -1.30. The average molecular weight is 549 g/mol. The van der Waals surface area contributed by atoms with Gasteiger partial charge in [-0.1, -0.05) is 13.8 Å². The number of hydrogen-bond donors (Lipinski definition) is 3. The fourth-order valence-electron chi connectivity index (χ4n) is 9.82. The Labute approximate surface area is 230 Å². The zero-order chi connectivity index (χ0) is 27.9. The van der Waals surface area contributed by atoms with E-state index in [9.17, 15) is 24.9 Å². The van der Waals surface area contributed by atoms with Crippen molar-refractivity contribution >= 4 is 11.8 Å². The molecule has 1 saturated heterocycles. The number of carbonyl (C=O) groups is 2. The van der Waals surface area contributed by atoms with Gasteiger partial charge in [0.05, 0.1) is 23.9 Å². The number of aliphatic hydroxyl groups is 3. The maximum absolute atomic E-state index is 14.1. The molecule has 2 aliphatic heterocycles. The Balaban J connectivity index is 1.21. The molecule has 0 aromatic heterocycles. The lowest BCUT2D eigenvalue weighted by Crippen LogP contribution is -2.70. The number of aliphatic hydroxyl groups excluding tert-OH is 2. The van der Waals surface area contributed by atoms with E-state index in [0.717, 1.165) is 37.7 Å². The summed E-state index contributed by atoms with van der Waals surface area (Å²) in [6.07, 6.45) is 3.83. The Morgan fingerprint density at radius 2 is 1.82 bits per heavy atom. The lowest BCUT2D eigenvalue weighted by Gasteiger charge is -2.64. The van der Waals surface area contributed by atoms with Gasteiger partial charge in [-0.25, -0.2) is 4.79 Å². The van der Waals surface area contributed by atoms with Gasteiger partial charge in [-0.15, -0.1) is 0 Å². The molecule has 39 heavy (non-hydrogen) atoms. The fourth-order valence-corrected chi connectivity index (χ4v) is 9.82. The third kappa shape index (κ3) is 3.94. The minimum absolute atomic E-state index is 0.0238. The van der Waals surface area contributed by atoms with Gasteiger partial charge in [0.1, 0.15) is 18.8 Å². The lowest BCUT2D eigenvalue weighted by atomic mass is 9.42. The minimum Gasteiger partial charge on any atom is -0.458 e. The summed E-state index contributed by atoms with van der Waals surface area (Å²) < 4.78 is 22.9. The number of rotatable bonds is 4. The molecule has 3 N–H and O–H groups in total. The first-order chi connectivity index (χ1) is 18.4. The van der Waals surface area contributed by atoms with Crippen LogP contribution in [0.5, 0.6) is 0 Å². The summed E-state index contributed by atoms with van der Waals surface area (Å²) in [6, 6.07) is 0. The van der Waals surface area contributed by atoms with E-state index in [2.05, 4.69) is 6.92 Å². The topological polar surface area (TPSA) is 132 Å². The van der Waals surface area contributed by atoms with Crippen LogP contribution < -0.4 is 0 Å². The van der Waals surface area contributed by atoms with Crippen molar-refractivity contribution in [3.63, 3.8) is 0 Å². The molecular weight excluding hydrogens is 504 g/mol. The van der Waals surface area contributed by atoms with E-state index in [1.807, 2.05) is 13.8 Å². The van der Waals surface area contributed by atoms with E-state index < -0.39 is 41.4 Å². The molecule has 9 heteroatoms. The first-order valence-electron chi connectivity index (χ1n) is 14.8. The van der Waals surface area contributed by atoms with Crippen LogP contribution in [-0.4, -0.2) is 83.2 Å². The lowest BCUT2D eigenvalue weighted by molar-refractivity contribution is -0.274. The van der Waals surface area contributed by atoms with Crippen LogP contribution in [-0.2, 0) is 28.5 Å². The molecule has 9 nitrogen and oxygen atoms in total. The van der Waals surface area contributed by atoms with Gasteiger partial charge < -0.3 is 34.3 Å². The molecular formula is C30H44O9. The van der Waals surface area contributed by atoms with Crippen LogP contribution >= 0.6 is 0 Å². The summed E-state index contributed by atoms with van der Waals surface area (Å²) in [4.78, 5) is 25.9. The number of carbonyl (C=O) groups excluding carboxylic acids is 2. The summed E-state index contributed by atoms with van der Waals surface area (Å²) in [5.74, 6) is -1.24. The number of esters is 1. The van der Waals surface area contributed by atoms with Gasteiger partial charge in [-0.05, 0) is 80.6 Å². The van der Waals surface area contributed by atoms with Crippen molar-refractivity contribution in [2.75, 3.05) is 13.7 Å². The first kappa shape index (κ1) is 27.8. The van der Waals surface area contributed by atoms with E-state index in [4.69, 9.17) is 18.9 Å². The molecule has 0 radical (unpaired) electrons. The second-order valence-electron chi connectivity index (χ2n) is 13.6. The Hall–Kier alpha value is -1.36. The standard InChI is InChI=1S/C30H44O9/c1-15-25(32)21(36-4)13-23(38-15)39-18-7-9-28(2)17(12-18)5-6-20-24(28)26(33)27(34)29(3)19(8-10-30(20,29)35)16-11-22(31)37-14-16/h11,15,17-21,23-25,27,32,34-35H,5-10,12-14H2,1-4H3/t15-,17+,18-,19+,20+,21-,23-,24+,25-,27-,28-,29-,30-/m0/s1. The van der Waals surface area contributed by atoms with Crippen LogP contribution in [0.2, 0.25) is 0 Å². The van der Waals surface area contributed by atoms with Crippen molar-refractivity contribution in [3.8, 4) is 0 Å². The second-order valence-corrected chi connectivity index (χ2v) is 13.6. The Bertz CT molecular complexity index is 1040. The van der Waals surface area contributed by atoms with Gasteiger partial charge in [-0.2, -0.15) is 0 Å². The zero-order valence-corrected chi connectivity index (χ0v) is 23.5. The molecule has 6 aliphatic rings. The van der Waals surface area contributed by atoms with Crippen molar-refractivity contribution in [1.29, 1.82) is 0 Å². The maximum atomic E-state index is 14.1. The number of methoxy groups -OCH3 is 1. The van der Waals surface area contributed by atoms with Crippen molar-refractivity contribution in [3.05, 3.63) is 11.6 Å². The normalized spacial score (nSPS) is 53.5. The largest absolute Gasteiger partial charge is 0.458 e. The number of fused-ring (bicyclic) bond motifs is 5. The van der Waals surface area contributed by atoms with Crippen molar-refractivity contribution < 1.29 is 43.9 Å².